The highest BCUT2D eigenvalue weighted by molar-refractivity contribution is 5.90. The molecule has 0 bridgehead atoms. The molecule has 0 atom stereocenters. The van der Waals surface area contributed by atoms with Crippen LogP contribution in [0.1, 0.15) is 132 Å². The number of aromatic nitrogens is 12. The Bertz CT molecular complexity index is 7060. The van der Waals surface area contributed by atoms with E-state index >= 15 is 0 Å². The lowest BCUT2D eigenvalue weighted by atomic mass is 9.91. The number of anilines is 8. The van der Waals surface area contributed by atoms with Crippen molar-refractivity contribution in [2.75, 3.05) is 140 Å². The maximum Gasteiger partial charge on any atom is 0.259 e. The minimum Gasteiger partial charge on any atom is -0.491 e. The summed E-state index contributed by atoms with van der Waals surface area (Å²) in [5.74, 6) is 8.15. The molecule has 2 aliphatic rings. The van der Waals surface area contributed by atoms with Crippen molar-refractivity contribution < 1.29 is 23.7 Å². The van der Waals surface area contributed by atoms with Crippen LogP contribution in [0.5, 0.6) is 23.0 Å². The van der Waals surface area contributed by atoms with Gasteiger partial charge in [-0.15, -0.1) is 0 Å². The fraction of sp³-hybridized carbons (Fsp3) is 0.339. The van der Waals surface area contributed by atoms with Gasteiger partial charge < -0.3 is 82.8 Å². The van der Waals surface area contributed by atoms with Gasteiger partial charge in [-0.05, 0) is 193 Å². The lowest BCUT2D eigenvalue weighted by Gasteiger charge is -2.29. The number of nitrogens with one attached hydrogen (secondary N) is 4. The van der Waals surface area contributed by atoms with Gasteiger partial charge in [0.15, 0.2) is 0 Å². The summed E-state index contributed by atoms with van der Waals surface area (Å²) in [5, 5.41) is 16.8. The molecule has 29 nitrogen and oxygen atoms in total. The molecule has 18 rings (SSSR count). The fourth-order valence-electron chi connectivity index (χ4n) is 18.0. The molecule has 12 heterocycles. The van der Waals surface area contributed by atoms with E-state index in [1.54, 1.807) is 48.9 Å². The van der Waals surface area contributed by atoms with E-state index in [1.165, 1.54) is 0 Å². The van der Waals surface area contributed by atoms with Crippen LogP contribution < -0.4 is 62.5 Å². The SMILES string of the molecule is CCN(CC)CCOc1ccc(Nc2cc3c(cn2)cc(-c2ccccc2)c(=O)n3C(C)C)nc1.CCN(CC)CCOc1ccc(Nc2cc3c(cn2)cc(-c2ccccc2)c(=O)n3C2CCC2)nc1.CCN(CC)CCOc1ccc(Nc2cc3c(cn2)cc(-c2ccccc2)c(=O)n3C2CCCC2)nc1.CCN(CC)CCOc1ccc(Nc2cc3c(cn2)cc(-c2ccccc2)c(=O)n3CCOC)nc1. The third kappa shape index (κ3) is 26.9. The molecule has 0 radical (unpaired) electrons. The Balaban J connectivity index is 0.000000144. The molecular weight excluding hydrogens is 1810 g/mol. The van der Waals surface area contributed by atoms with Crippen LogP contribution in [0.15, 0.2) is 287 Å². The summed E-state index contributed by atoms with van der Waals surface area (Å²) in [5.41, 5.74) is 9.87. The Labute approximate surface area is 842 Å². The third-order valence-electron chi connectivity index (χ3n) is 26.5. The lowest BCUT2D eigenvalue weighted by molar-refractivity contribution is 0.187. The van der Waals surface area contributed by atoms with Crippen LogP contribution in [-0.2, 0) is 11.3 Å². The average molecular weight is 1940 g/mol. The van der Waals surface area contributed by atoms with Gasteiger partial charge in [0, 0.05) is 151 Å². The van der Waals surface area contributed by atoms with Gasteiger partial charge in [-0.25, -0.2) is 39.9 Å². The fourth-order valence-corrected chi connectivity index (χ4v) is 18.0. The topological polar surface area (TPSA) is 298 Å². The largest absolute Gasteiger partial charge is 0.491 e. The highest BCUT2D eigenvalue weighted by Crippen LogP contribution is 2.38. The van der Waals surface area contributed by atoms with E-state index in [1.807, 2.05) is 258 Å². The number of hydrogen-bond donors (Lipinski definition) is 4. The van der Waals surface area contributed by atoms with E-state index in [4.69, 9.17) is 23.7 Å². The molecule has 2 saturated carbocycles. The van der Waals surface area contributed by atoms with Crippen LogP contribution in [-0.4, -0.2) is 196 Å². The van der Waals surface area contributed by atoms with Crippen molar-refractivity contribution in [3.63, 3.8) is 0 Å². The third-order valence-corrected chi connectivity index (χ3v) is 26.5. The summed E-state index contributed by atoms with van der Waals surface area (Å²) in [6, 6.07) is 70.2. The second-order valence-electron chi connectivity index (χ2n) is 35.8. The lowest BCUT2D eigenvalue weighted by Crippen LogP contribution is -2.30. The second-order valence-corrected chi connectivity index (χ2v) is 35.8. The summed E-state index contributed by atoms with van der Waals surface area (Å²) >= 11 is 0. The maximum atomic E-state index is 13.7. The average Bonchev–Trinajstić information content (AvgIpc) is 1.56. The first kappa shape index (κ1) is 103. The Morgan fingerprint density at radius 2 is 0.576 bits per heavy atom. The molecule has 12 aromatic heterocycles. The van der Waals surface area contributed by atoms with E-state index in [2.05, 4.69) is 136 Å². The Morgan fingerprint density at radius 3 is 0.854 bits per heavy atom. The summed E-state index contributed by atoms with van der Waals surface area (Å²) in [7, 11) is 1.63. The number of rotatable bonds is 42. The normalized spacial score (nSPS) is 12.6. The van der Waals surface area contributed by atoms with E-state index < -0.39 is 0 Å². The van der Waals surface area contributed by atoms with Gasteiger partial charge in [0.05, 0.1) is 53.5 Å². The Morgan fingerprint density at radius 1 is 0.306 bits per heavy atom. The molecule has 0 aliphatic heterocycles. The first-order valence-corrected chi connectivity index (χ1v) is 50.7. The predicted octanol–water partition coefficient (Wildman–Crippen LogP) is 21.8. The van der Waals surface area contributed by atoms with Gasteiger partial charge in [0.25, 0.3) is 22.2 Å². The minimum atomic E-state index is -0.0627. The van der Waals surface area contributed by atoms with Gasteiger partial charge in [-0.2, -0.15) is 0 Å². The second kappa shape index (κ2) is 51.7. The van der Waals surface area contributed by atoms with Gasteiger partial charge in [0.2, 0.25) is 0 Å². The van der Waals surface area contributed by atoms with Crippen LogP contribution in [0.2, 0.25) is 0 Å². The molecule has 2 aliphatic carbocycles. The number of methoxy groups -OCH3 is 1. The molecule has 0 spiro atoms. The number of hydrogen-bond acceptors (Lipinski definition) is 25. The highest BCUT2D eigenvalue weighted by Gasteiger charge is 2.27. The number of ether oxygens (including phenoxy) is 5. The zero-order valence-corrected chi connectivity index (χ0v) is 84.6. The smallest absolute Gasteiger partial charge is 0.259 e. The van der Waals surface area contributed by atoms with Crippen LogP contribution in [0.3, 0.4) is 0 Å². The monoisotopic (exact) mass is 1940 g/mol. The first-order chi connectivity index (χ1) is 70.4. The van der Waals surface area contributed by atoms with E-state index in [-0.39, 0.29) is 40.4 Å². The van der Waals surface area contributed by atoms with Crippen LogP contribution in [0.25, 0.3) is 88.1 Å². The number of likely N-dealkylation sites (N-methyl/N-ethyl adjacent to an activating group) is 4. The Hall–Kier alpha value is -14.9. The molecule has 0 unspecified atom stereocenters. The minimum absolute atomic E-state index is 0.00481. The quantitative estimate of drug-likeness (QED) is 0.0276. The zero-order valence-electron chi connectivity index (χ0n) is 84.6. The number of nitrogens with zero attached hydrogens (tertiary/aromatic N) is 16. The molecule has 144 heavy (non-hydrogen) atoms. The van der Waals surface area contributed by atoms with Crippen molar-refractivity contribution in [2.45, 2.75) is 139 Å². The zero-order chi connectivity index (χ0) is 101. The molecule has 748 valence electrons. The van der Waals surface area contributed by atoms with Crippen molar-refractivity contribution in [3.8, 4) is 67.5 Å². The summed E-state index contributed by atoms with van der Waals surface area (Å²) < 4.78 is 36.1. The van der Waals surface area contributed by atoms with Crippen molar-refractivity contribution in [1.29, 1.82) is 0 Å². The van der Waals surface area contributed by atoms with Crippen molar-refractivity contribution >= 4 is 90.2 Å². The van der Waals surface area contributed by atoms with Crippen LogP contribution in [0, 0.1) is 0 Å². The standard InChI is InChI=1S/C30H35N5O2.C29H33N5O2.C28H33N5O3.C28H33N5O2/c1-3-34(4-2)16-17-37-25-14-15-28(32-21-25)33-29-19-27-23(20-31-29)18-26(22-10-6-5-7-11-22)30(36)35(27)24-12-8-9-13-24;1-3-33(4-2)15-16-36-24-13-14-27(31-20-24)32-28-18-26-22(19-30-28)17-25(21-9-6-5-7-10-21)29(35)34(26)23-11-8-12-23;1-4-32(5-2)13-16-36-23-11-12-26(30-20-23)31-27-18-25-22(19-29-27)17-24(21-9-7-6-8-10-21)28(34)33(25)14-15-35-3;1-5-32(6-2)14-15-35-23-12-13-26(30-19-23)31-27-17-25-22(18-29-27)16-24(21-10-8-7-9-11-21)28(34)33(25)20(3)4/h5-7,10-11,14-15,18-21,24H,3-4,8-9,12-13,16-17H2,1-2H3,(H,31,32,33);5-7,9-10,13-14,17-20,23H,3-4,8,11-12,15-16H2,1-2H3,(H,30,31,32);6-12,17-20H,4-5,13-16H2,1-3H3,(H,29,30,31);7-13,16-20H,5-6,14-15H2,1-4H3,(H,29,30,31). The predicted molar refractivity (Wildman–Crippen MR) is 582 cm³/mol. The molecule has 16 aromatic rings. The molecule has 2 fully saturated rings. The Kier molecular flexibility index (Phi) is 37.1. The number of fused-ring (bicyclic) bond motifs is 4. The highest BCUT2D eigenvalue weighted by atomic mass is 16.5. The van der Waals surface area contributed by atoms with Gasteiger partial charge in [-0.3, -0.25) is 19.2 Å². The van der Waals surface area contributed by atoms with Crippen LogP contribution >= 0.6 is 0 Å². The molecule has 4 aromatic carbocycles. The van der Waals surface area contributed by atoms with E-state index in [0.29, 0.717) is 97.2 Å². The van der Waals surface area contributed by atoms with Crippen molar-refractivity contribution in [2.24, 2.45) is 0 Å². The van der Waals surface area contributed by atoms with Gasteiger partial charge in [-0.1, -0.05) is 190 Å². The molecule has 0 amide bonds. The van der Waals surface area contributed by atoms with Crippen molar-refractivity contribution in [3.05, 3.63) is 309 Å². The summed E-state index contributed by atoms with van der Waals surface area (Å²) in [6.45, 7) is 36.3. The van der Waals surface area contributed by atoms with E-state index in [0.717, 1.165) is 223 Å². The van der Waals surface area contributed by atoms with Gasteiger partial charge >= 0.3 is 0 Å². The number of pyridine rings is 12. The van der Waals surface area contributed by atoms with E-state index in [9.17, 15) is 19.2 Å². The summed E-state index contributed by atoms with van der Waals surface area (Å²) in [4.78, 5) is 99.7. The van der Waals surface area contributed by atoms with Crippen LogP contribution in [0.4, 0.5) is 46.5 Å². The summed E-state index contributed by atoms with van der Waals surface area (Å²) in [6.07, 6.45) is 21.7. The molecular formula is C115H134N20O9. The number of benzene rings is 4. The molecule has 29 heteroatoms. The maximum absolute atomic E-state index is 13.7. The molecule has 0 saturated heterocycles. The first-order valence-electron chi connectivity index (χ1n) is 50.7. The van der Waals surface area contributed by atoms with Crippen molar-refractivity contribution in [1.82, 2.24) is 77.7 Å². The van der Waals surface area contributed by atoms with Gasteiger partial charge in [0.1, 0.15) is 96.0 Å². The molecule has 4 N–H and O–H groups in total.